The first-order valence-electron chi connectivity index (χ1n) is 5.78. The number of anilines is 1. The predicted molar refractivity (Wildman–Crippen MR) is 63.0 cm³/mol. The topological polar surface area (TPSA) is 69.6 Å². The fourth-order valence-corrected chi connectivity index (χ4v) is 1.83. The van der Waals surface area contributed by atoms with Crippen LogP contribution in [0.4, 0.5) is 27.6 Å². The van der Waals surface area contributed by atoms with Crippen molar-refractivity contribution in [3.63, 3.8) is 0 Å². The fourth-order valence-electron chi connectivity index (χ4n) is 1.83. The normalized spacial score (nSPS) is 13.4. The summed E-state index contributed by atoms with van der Waals surface area (Å²) in [6.07, 6.45) is -5.62. The van der Waals surface area contributed by atoms with E-state index in [1.165, 1.54) is 6.92 Å². The van der Waals surface area contributed by atoms with E-state index in [0.29, 0.717) is 6.07 Å². The van der Waals surface area contributed by atoms with Gasteiger partial charge in [0, 0.05) is 6.07 Å². The average molecular weight is 307 g/mol. The van der Waals surface area contributed by atoms with Crippen molar-refractivity contribution in [3.8, 4) is 11.4 Å². The number of nitrogens with zero attached hydrogens (tertiary/aromatic N) is 4. The number of nitrogen functional groups attached to an aromatic ring is 1. The standard InChI is InChI=1S/C11H10F5N5/c1-5(4-11(14,15)16)21-10(18-19-20-21)6-2-9(17)8(13)3-7(6)12/h2-3,5H,4,17H2,1H3. The van der Waals surface area contributed by atoms with Crippen LogP contribution < -0.4 is 5.73 Å². The minimum Gasteiger partial charge on any atom is -0.396 e. The Hall–Kier alpha value is -2.26. The Kier molecular flexibility index (Phi) is 3.79. The van der Waals surface area contributed by atoms with Crippen LogP contribution in [0.5, 0.6) is 0 Å². The molecule has 0 aliphatic rings. The SMILES string of the molecule is CC(CC(F)(F)F)n1nnnc1-c1cc(N)c(F)cc1F. The van der Waals surface area contributed by atoms with E-state index < -0.39 is 30.3 Å². The third-order valence-electron chi connectivity index (χ3n) is 2.76. The van der Waals surface area contributed by atoms with E-state index in [2.05, 4.69) is 15.5 Å². The zero-order valence-electron chi connectivity index (χ0n) is 10.7. The zero-order valence-corrected chi connectivity index (χ0v) is 10.7. The lowest BCUT2D eigenvalue weighted by Gasteiger charge is -2.15. The van der Waals surface area contributed by atoms with E-state index in [9.17, 15) is 22.0 Å². The van der Waals surface area contributed by atoms with Crippen LogP contribution in [0.1, 0.15) is 19.4 Å². The lowest BCUT2D eigenvalue weighted by atomic mass is 10.1. The molecule has 1 unspecified atom stereocenters. The van der Waals surface area contributed by atoms with E-state index in [0.717, 1.165) is 10.7 Å². The first kappa shape index (κ1) is 15.1. The molecule has 1 heterocycles. The highest BCUT2D eigenvalue weighted by atomic mass is 19.4. The minimum atomic E-state index is -4.43. The van der Waals surface area contributed by atoms with Crippen molar-refractivity contribution in [3.05, 3.63) is 23.8 Å². The van der Waals surface area contributed by atoms with Gasteiger partial charge >= 0.3 is 6.18 Å². The van der Waals surface area contributed by atoms with Crippen molar-refractivity contribution in [2.45, 2.75) is 25.6 Å². The summed E-state index contributed by atoms with van der Waals surface area (Å²) < 4.78 is 64.9. The van der Waals surface area contributed by atoms with Crippen molar-refractivity contribution >= 4 is 5.69 Å². The van der Waals surface area contributed by atoms with Crippen molar-refractivity contribution < 1.29 is 22.0 Å². The molecule has 21 heavy (non-hydrogen) atoms. The van der Waals surface area contributed by atoms with Crippen LogP contribution in [0.2, 0.25) is 0 Å². The molecular weight excluding hydrogens is 297 g/mol. The van der Waals surface area contributed by atoms with Crippen molar-refractivity contribution in [2.75, 3.05) is 5.73 Å². The van der Waals surface area contributed by atoms with Gasteiger partial charge in [0.15, 0.2) is 5.82 Å². The van der Waals surface area contributed by atoms with Gasteiger partial charge in [0.1, 0.15) is 11.6 Å². The van der Waals surface area contributed by atoms with E-state index in [1.54, 1.807) is 0 Å². The van der Waals surface area contributed by atoms with Crippen LogP contribution in [0.3, 0.4) is 0 Å². The highest BCUT2D eigenvalue weighted by Gasteiger charge is 2.32. The van der Waals surface area contributed by atoms with E-state index >= 15 is 0 Å². The Morgan fingerprint density at radius 1 is 1.24 bits per heavy atom. The van der Waals surface area contributed by atoms with Gasteiger partial charge < -0.3 is 5.73 Å². The molecule has 0 aliphatic carbocycles. The summed E-state index contributed by atoms with van der Waals surface area (Å²) in [7, 11) is 0. The van der Waals surface area contributed by atoms with Crippen LogP contribution in [-0.4, -0.2) is 26.4 Å². The Morgan fingerprint density at radius 3 is 2.52 bits per heavy atom. The number of halogens is 5. The molecule has 1 aromatic heterocycles. The van der Waals surface area contributed by atoms with Gasteiger partial charge in [-0.2, -0.15) is 13.2 Å². The van der Waals surface area contributed by atoms with Gasteiger partial charge in [-0.1, -0.05) is 0 Å². The lowest BCUT2D eigenvalue weighted by Crippen LogP contribution is -2.18. The van der Waals surface area contributed by atoms with Crippen LogP contribution in [0.15, 0.2) is 12.1 Å². The number of rotatable bonds is 3. The summed E-state index contributed by atoms with van der Waals surface area (Å²) in [4.78, 5) is 0. The molecule has 5 nitrogen and oxygen atoms in total. The second-order valence-electron chi connectivity index (χ2n) is 4.47. The third-order valence-corrected chi connectivity index (χ3v) is 2.76. The first-order valence-corrected chi connectivity index (χ1v) is 5.78. The predicted octanol–water partition coefficient (Wildman–Crippen LogP) is 2.71. The summed E-state index contributed by atoms with van der Waals surface area (Å²) >= 11 is 0. The van der Waals surface area contributed by atoms with Gasteiger partial charge in [-0.3, -0.25) is 0 Å². The van der Waals surface area contributed by atoms with Crippen molar-refractivity contribution in [2.24, 2.45) is 0 Å². The maximum absolute atomic E-state index is 13.7. The molecule has 0 radical (unpaired) electrons. The van der Waals surface area contributed by atoms with Gasteiger partial charge in [0.05, 0.1) is 23.7 Å². The van der Waals surface area contributed by atoms with Crippen LogP contribution >= 0.6 is 0 Å². The molecular formula is C11H10F5N5. The van der Waals surface area contributed by atoms with Gasteiger partial charge in [0.2, 0.25) is 0 Å². The van der Waals surface area contributed by atoms with Crippen molar-refractivity contribution in [1.82, 2.24) is 20.2 Å². The van der Waals surface area contributed by atoms with Gasteiger partial charge in [-0.05, 0) is 23.4 Å². The summed E-state index contributed by atoms with van der Waals surface area (Å²) in [6.45, 7) is 1.23. The third kappa shape index (κ3) is 3.26. The molecule has 2 rings (SSSR count). The number of aromatic nitrogens is 4. The number of hydrogen-bond acceptors (Lipinski definition) is 4. The molecule has 2 aromatic rings. The average Bonchev–Trinajstić information content (AvgIpc) is 2.80. The summed E-state index contributed by atoms with van der Waals surface area (Å²) in [6, 6.07) is 0.311. The number of hydrogen-bond donors (Lipinski definition) is 1. The molecule has 1 aromatic carbocycles. The maximum Gasteiger partial charge on any atom is 0.391 e. The van der Waals surface area contributed by atoms with E-state index in [1.807, 2.05) is 0 Å². The molecule has 10 heteroatoms. The highest BCUT2D eigenvalue weighted by molar-refractivity contribution is 5.62. The number of tetrazole rings is 1. The van der Waals surface area contributed by atoms with Crippen LogP contribution in [-0.2, 0) is 0 Å². The Balaban J connectivity index is 2.43. The van der Waals surface area contributed by atoms with Gasteiger partial charge in [-0.25, -0.2) is 13.5 Å². The molecule has 1 atom stereocenters. The van der Waals surface area contributed by atoms with Crippen LogP contribution in [0, 0.1) is 11.6 Å². The molecule has 0 spiro atoms. The number of alkyl halides is 3. The maximum atomic E-state index is 13.7. The molecule has 0 fully saturated rings. The summed E-state index contributed by atoms with van der Waals surface area (Å²) in [5.41, 5.74) is 4.70. The van der Waals surface area contributed by atoms with E-state index in [-0.39, 0.29) is 17.1 Å². The Bertz CT molecular complexity index is 651. The quantitative estimate of drug-likeness (QED) is 0.699. The second kappa shape index (κ2) is 5.26. The second-order valence-corrected chi connectivity index (χ2v) is 4.47. The monoisotopic (exact) mass is 307 g/mol. The fraction of sp³-hybridized carbons (Fsp3) is 0.364. The van der Waals surface area contributed by atoms with E-state index in [4.69, 9.17) is 5.73 Å². The largest absolute Gasteiger partial charge is 0.396 e. The smallest absolute Gasteiger partial charge is 0.391 e. The number of nitrogens with two attached hydrogens (primary N) is 1. The molecule has 0 aliphatic heterocycles. The molecule has 0 bridgehead atoms. The highest BCUT2D eigenvalue weighted by Crippen LogP contribution is 2.31. The van der Waals surface area contributed by atoms with Crippen LogP contribution in [0.25, 0.3) is 11.4 Å². The summed E-state index contributed by atoms with van der Waals surface area (Å²) in [5, 5.41) is 10.1. The molecule has 0 saturated heterocycles. The minimum absolute atomic E-state index is 0.254. The number of benzene rings is 1. The molecule has 0 saturated carbocycles. The zero-order chi connectivity index (χ0) is 15.8. The van der Waals surface area contributed by atoms with Crippen molar-refractivity contribution in [1.29, 1.82) is 0 Å². The first-order chi connectivity index (χ1) is 9.69. The van der Waals surface area contributed by atoms with Gasteiger partial charge in [-0.15, -0.1) is 5.10 Å². The molecule has 114 valence electrons. The Morgan fingerprint density at radius 2 is 1.90 bits per heavy atom. The van der Waals surface area contributed by atoms with Gasteiger partial charge in [0.25, 0.3) is 0 Å². The lowest BCUT2D eigenvalue weighted by molar-refractivity contribution is -0.142. The summed E-state index contributed by atoms with van der Waals surface area (Å²) in [5.74, 6) is -2.24. The molecule has 2 N–H and O–H groups in total. The molecule has 0 amide bonds. The Labute approximate surface area is 115 Å².